The predicted molar refractivity (Wildman–Crippen MR) is 169 cm³/mol. The van der Waals surface area contributed by atoms with Gasteiger partial charge in [0.05, 0.1) is 34.9 Å². The molecule has 3 aromatic rings. The molecule has 2 aromatic carbocycles. The molecule has 0 saturated carbocycles. The summed E-state index contributed by atoms with van der Waals surface area (Å²) in [6.45, 7) is 4.35. The van der Waals surface area contributed by atoms with Gasteiger partial charge in [0.2, 0.25) is 16.0 Å². The highest BCUT2D eigenvalue weighted by Gasteiger charge is 2.29. The Labute approximate surface area is 250 Å². The fourth-order valence-electron chi connectivity index (χ4n) is 5.34. The van der Waals surface area contributed by atoms with Crippen LogP contribution in [0, 0.1) is 0 Å². The average Bonchev–Trinajstić information content (AvgIpc) is 3.42. The standard InChI is InChI=1S/C28H37BrN8O3S/c1-30-12-13-31-20-10-14-36(15-11-20)21-7-8-23(25(17-21)40-2)34-28-32-18-22(29)27(35-28)33-24-6-4-5-19-9-16-37(26(19)24)41(3,38)39/h4-8,17-18,20,30-31H,9-16H2,1-3H3,(H2,32,33,34,35). The second-order valence-electron chi connectivity index (χ2n) is 10.2. The van der Waals surface area contributed by atoms with Crippen LogP contribution >= 0.6 is 15.9 Å². The molecule has 1 fully saturated rings. The molecule has 13 heteroatoms. The van der Waals surface area contributed by atoms with E-state index in [0.717, 1.165) is 56.0 Å². The minimum absolute atomic E-state index is 0.378. The van der Waals surface area contributed by atoms with E-state index in [-0.39, 0.29) is 0 Å². The maximum absolute atomic E-state index is 12.4. The summed E-state index contributed by atoms with van der Waals surface area (Å²) in [6, 6.07) is 12.4. The van der Waals surface area contributed by atoms with E-state index in [1.165, 1.54) is 10.6 Å². The number of likely N-dealkylation sites (N-methyl/N-ethyl adjacent to an activating group) is 1. The number of methoxy groups -OCH3 is 1. The number of halogens is 1. The number of sulfonamides is 1. The van der Waals surface area contributed by atoms with Crippen molar-refractivity contribution in [3.8, 4) is 5.75 Å². The molecule has 0 aliphatic carbocycles. The lowest BCUT2D eigenvalue weighted by atomic mass is 10.0. The van der Waals surface area contributed by atoms with Crippen molar-refractivity contribution in [2.24, 2.45) is 0 Å². The molecular formula is C28H37BrN8O3S. The normalized spacial score (nSPS) is 15.6. The minimum Gasteiger partial charge on any atom is -0.494 e. The summed E-state index contributed by atoms with van der Waals surface area (Å²) in [5.74, 6) is 1.59. The van der Waals surface area contributed by atoms with Gasteiger partial charge in [-0.15, -0.1) is 0 Å². The van der Waals surface area contributed by atoms with Crippen molar-refractivity contribution in [3.05, 3.63) is 52.6 Å². The van der Waals surface area contributed by atoms with Crippen molar-refractivity contribution in [1.82, 2.24) is 20.6 Å². The molecule has 0 amide bonds. The highest BCUT2D eigenvalue weighted by Crippen LogP contribution is 2.39. The first-order chi connectivity index (χ1) is 19.8. The van der Waals surface area contributed by atoms with Crippen LogP contribution in [-0.4, -0.2) is 77.6 Å². The zero-order chi connectivity index (χ0) is 29.0. The summed E-state index contributed by atoms with van der Waals surface area (Å²) in [7, 11) is 0.223. The van der Waals surface area contributed by atoms with Gasteiger partial charge < -0.3 is 30.9 Å². The van der Waals surface area contributed by atoms with E-state index >= 15 is 0 Å². The molecule has 4 N–H and O–H groups in total. The van der Waals surface area contributed by atoms with Crippen LogP contribution in [0.25, 0.3) is 0 Å². The number of ether oxygens (including phenoxy) is 1. The second-order valence-corrected chi connectivity index (χ2v) is 13.0. The van der Waals surface area contributed by atoms with E-state index in [1.54, 1.807) is 13.3 Å². The highest BCUT2D eigenvalue weighted by atomic mass is 79.9. The number of hydrogen-bond donors (Lipinski definition) is 4. The Hall–Kier alpha value is -3.13. The molecule has 0 radical (unpaired) electrons. The number of aromatic nitrogens is 2. The van der Waals surface area contributed by atoms with Crippen molar-refractivity contribution in [2.45, 2.75) is 25.3 Å². The molecule has 0 unspecified atom stereocenters. The first kappa shape index (κ1) is 29.4. The second kappa shape index (κ2) is 12.8. The fourth-order valence-corrected chi connectivity index (χ4v) is 6.60. The predicted octanol–water partition coefficient (Wildman–Crippen LogP) is 3.83. The molecule has 0 atom stereocenters. The monoisotopic (exact) mass is 644 g/mol. The zero-order valence-electron chi connectivity index (χ0n) is 23.6. The van der Waals surface area contributed by atoms with Gasteiger partial charge in [0.15, 0.2) is 0 Å². The van der Waals surface area contributed by atoms with Gasteiger partial charge in [-0.25, -0.2) is 13.4 Å². The van der Waals surface area contributed by atoms with Crippen LogP contribution in [0.2, 0.25) is 0 Å². The molecule has 3 heterocycles. The first-order valence-electron chi connectivity index (χ1n) is 13.7. The zero-order valence-corrected chi connectivity index (χ0v) is 26.0. The van der Waals surface area contributed by atoms with Crippen LogP contribution in [0.3, 0.4) is 0 Å². The number of benzene rings is 2. The van der Waals surface area contributed by atoms with E-state index in [2.05, 4.69) is 58.1 Å². The lowest BCUT2D eigenvalue weighted by Gasteiger charge is -2.34. The van der Waals surface area contributed by atoms with Crippen LogP contribution in [0.15, 0.2) is 47.1 Å². The van der Waals surface area contributed by atoms with Gasteiger partial charge >= 0.3 is 0 Å². The Morgan fingerprint density at radius 1 is 1.07 bits per heavy atom. The van der Waals surface area contributed by atoms with Crippen LogP contribution in [0.5, 0.6) is 5.75 Å². The van der Waals surface area contributed by atoms with Crippen LogP contribution in [0.1, 0.15) is 18.4 Å². The van der Waals surface area contributed by atoms with Gasteiger partial charge in [-0.1, -0.05) is 12.1 Å². The molecule has 2 aliphatic rings. The van der Waals surface area contributed by atoms with Gasteiger partial charge in [-0.05, 0) is 66.0 Å². The SMILES string of the molecule is CNCCNC1CCN(c2ccc(Nc3ncc(Br)c(Nc4cccc5c4N(S(C)(=O)=O)CC5)n3)c(OC)c2)CC1. The fraction of sp³-hybridized carbons (Fsp3) is 0.429. The summed E-state index contributed by atoms with van der Waals surface area (Å²) >= 11 is 3.53. The molecule has 11 nitrogen and oxygen atoms in total. The third kappa shape index (κ3) is 6.85. The summed E-state index contributed by atoms with van der Waals surface area (Å²) in [4.78, 5) is 11.5. The minimum atomic E-state index is -3.40. The van der Waals surface area contributed by atoms with Gasteiger partial charge in [-0.2, -0.15) is 4.98 Å². The number of nitrogens with one attached hydrogen (secondary N) is 4. The van der Waals surface area contributed by atoms with Gasteiger partial charge in [0.1, 0.15) is 11.6 Å². The van der Waals surface area contributed by atoms with Crippen LogP contribution in [-0.2, 0) is 16.4 Å². The largest absolute Gasteiger partial charge is 0.494 e. The van der Waals surface area contributed by atoms with Crippen molar-refractivity contribution < 1.29 is 13.2 Å². The van der Waals surface area contributed by atoms with Crippen molar-refractivity contribution >= 4 is 60.5 Å². The lowest BCUT2D eigenvalue weighted by molar-refractivity contribution is 0.410. The van der Waals surface area contributed by atoms with Crippen LogP contribution in [0.4, 0.5) is 34.5 Å². The summed E-state index contributed by atoms with van der Waals surface area (Å²) in [5.41, 5.74) is 4.16. The maximum atomic E-state index is 12.4. The maximum Gasteiger partial charge on any atom is 0.232 e. The van der Waals surface area contributed by atoms with E-state index < -0.39 is 10.0 Å². The van der Waals surface area contributed by atoms with E-state index in [4.69, 9.17) is 4.74 Å². The number of anilines is 6. The van der Waals surface area contributed by atoms with Crippen molar-refractivity contribution in [3.63, 3.8) is 0 Å². The van der Waals surface area contributed by atoms with E-state index in [9.17, 15) is 8.42 Å². The van der Waals surface area contributed by atoms with Crippen molar-refractivity contribution in [2.75, 3.05) is 73.0 Å². The van der Waals surface area contributed by atoms with Crippen molar-refractivity contribution in [1.29, 1.82) is 0 Å². The number of para-hydroxylation sites is 1. The number of fused-ring (bicyclic) bond motifs is 1. The lowest BCUT2D eigenvalue weighted by Crippen LogP contribution is -2.44. The Morgan fingerprint density at radius 2 is 1.88 bits per heavy atom. The smallest absolute Gasteiger partial charge is 0.232 e. The molecular weight excluding hydrogens is 608 g/mol. The molecule has 0 bridgehead atoms. The molecule has 1 saturated heterocycles. The molecule has 0 spiro atoms. The Kier molecular flexibility index (Phi) is 9.17. The third-order valence-corrected chi connectivity index (χ3v) is 9.20. The molecule has 1 aromatic heterocycles. The first-order valence-corrected chi connectivity index (χ1v) is 16.4. The number of hydrogen-bond acceptors (Lipinski definition) is 10. The van der Waals surface area contributed by atoms with E-state index in [1.807, 2.05) is 37.4 Å². The average molecular weight is 646 g/mol. The Balaban J connectivity index is 1.30. The number of nitrogens with zero attached hydrogens (tertiary/aromatic N) is 4. The summed E-state index contributed by atoms with van der Waals surface area (Å²) in [6.07, 6.45) is 5.75. The van der Waals surface area contributed by atoms with Crippen LogP contribution < -0.4 is 35.2 Å². The number of rotatable bonds is 11. The summed E-state index contributed by atoms with van der Waals surface area (Å²) in [5, 5.41) is 13.4. The summed E-state index contributed by atoms with van der Waals surface area (Å²) < 4.78 is 32.6. The third-order valence-electron chi connectivity index (χ3n) is 7.45. The molecule has 2 aliphatic heterocycles. The van der Waals surface area contributed by atoms with E-state index in [0.29, 0.717) is 52.4 Å². The Bertz CT molecular complexity index is 1480. The molecule has 41 heavy (non-hydrogen) atoms. The molecule has 5 rings (SSSR count). The Morgan fingerprint density at radius 3 is 2.61 bits per heavy atom. The topological polar surface area (TPSA) is 124 Å². The highest BCUT2D eigenvalue weighted by molar-refractivity contribution is 9.10. The molecule has 220 valence electrons. The van der Waals surface area contributed by atoms with Gasteiger partial charge in [0.25, 0.3) is 0 Å². The van der Waals surface area contributed by atoms with Gasteiger partial charge in [0, 0.05) is 56.7 Å². The number of piperidine rings is 1. The quantitative estimate of drug-likeness (QED) is 0.229. The van der Waals surface area contributed by atoms with Gasteiger partial charge in [-0.3, -0.25) is 4.31 Å².